The molecule has 2 atom stereocenters. The zero-order valence-corrected chi connectivity index (χ0v) is 16.1. The molecule has 3 N–H and O–H groups in total. The van der Waals surface area contributed by atoms with Crippen LogP contribution in [-0.2, 0) is 4.79 Å². The molecule has 3 aromatic heterocycles. The number of alkyl halides is 3. The number of halogens is 4. The fraction of sp³-hybridized carbons (Fsp3) is 0.389. The van der Waals surface area contributed by atoms with Crippen molar-refractivity contribution in [1.29, 1.82) is 0 Å². The lowest BCUT2D eigenvalue weighted by Gasteiger charge is -2.24. The number of aromatic nitrogens is 5. The maximum Gasteiger partial charge on any atom is 0.405 e. The van der Waals surface area contributed by atoms with Crippen molar-refractivity contribution < 1.29 is 22.4 Å². The summed E-state index contributed by atoms with van der Waals surface area (Å²) in [5.41, 5.74) is 1.04. The molecule has 0 bridgehead atoms. The summed E-state index contributed by atoms with van der Waals surface area (Å²) in [6, 6.07) is -1.12. The summed E-state index contributed by atoms with van der Waals surface area (Å²) >= 11 is 0. The molecule has 3 heterocycles. The van der Waals surface area contributed by atoms with Gasteiger partial charge in [0, 0.05) is 23.3 Å². The molecule has 8 nitrogen and oxygen atoms in total. The summed E-state index contributed by atoms with van der Waals surface area (Å²) < 4.78 is 51.7. The van der Waals surface area contributed by atoms with Crippen LogP contribution < -0.4 is 10.6 Å². The molecule has 0 aliphatic rings. The van der Waals surface area contributed by atoms with Crippen molar-refractivity contribution in [2.45, 2.75) is 32.5 Å². The number of aromatic amines is 1. The molecular weight excluding hydrogens is 406 g/mol. The van der Waals surface area contributed by atoms with E-state index in [1.807, 2.05) is 5.32 Å². The third-order valence-electron chi connectivity index (χ3n) is 4.59. The van der Waals surface area contributed by atoms with Crippen molar-refractivity contribution >= 4 is 22.8 Å². The van der Waals surface area contributed by atoms with E-state index in [1.54, 1.807) is 26.2 Å². The number of carbonyl (C=O) groups is 1. The molecule has 0 radical (unpaired) electrons. The van der Waals surface area contributed by atoms with E-state index in [-0.39, 0.29) is 11.6 Å². The van der Waals surface area contributed by atoms with Gasteiger partial charge < -0.3 is 15.6 Å². The second-order valence-electron chi connectivity index (χ2n) is 6.72. The quantitative estimate of drug-likeness (QED) is 0.502. The fourth-order valence-electron chi connectivity index (χ4n) is 2.79. The first kappa shape index (κ1) is 21.4. The lowest BCUT2D eigenvalue weighted by molar-refractivity contribution is -0.139. The van der Waals surface area contributed by atoms with E-state index >= 15 is 0 Å². The Kier molecular flexibility index (Phi) is 6.13. The van der Waals surface area contributed by atoms with E-state index in [9.17, 15) is 22.4 Å². The Balaban J connectivity index is 1.89. The molecule has 1 amide bonds. The molecule has 12 heteroatoms. The first-order valence-electron chi connectivity index (χ1n) is 9.10. The van der Waals surface area contributed by atoms with Crippen LogP contribution >= 0.6 is 0 Å². The summed E-state index contributed by atoms with van der Waals surface area (Å²) in [6.45, 7) is 1.96. The molecule has 0 saturated carbocycles. The largest absolute Gasteiger partial charge is 0.405 e. The molecule has 0 spiro atoms. The Morgan fingerprint density at radius 3 is 2.73 bits per heavy atom. The zero-order chi connectivity index (χ0) is 21.9. The molecule has 0 aliphatic carbocycles. The first-order chi connectivity index (χ1) is 14.2. The third kappa shape index (κ3) is 4.81. The number of nitrogens with one attached hydrogen (secondary N) is 3. The van der Waals surface area contributed by atoms with Crippen LogP contribution in [0.1, 0.15) is 20.3 Å². The third-order valence-corrected chi connectivity index (χ3v) is 4.59. The SMILES string of the molecule is CCC(C)C(Nc1nc(-c2c[nH]c3ncncc23)ncc1F)C(=O)NCC(F)(F)F. The zero-order valence-electron chi connectivity index (χ0n) is 16.1. The van der Waals surface area contributed by atoms with Gasteiger partial charge in [-0.1, -0.05) is 20.3 Å². The van der Waals surface area contributed by atoms with E-state index in [1.165, 1.54) is 6.33 Å². The van der Waals surface area contributed by atoms with E-state index in [4.69, 9.17) is 0 Å². The van der Waals surface area contributed by atoms with E-state index in [0.717, 1.165) is 6.20 Å². The normalized spacial score (nSPS) is 13.8. The Bertz CT molecular complexity index is 1040. The van der Waals surface area contributed by atoms with Crippen LogP contribution in [0.4, 0.5) is 23.4 Å². The summed E-state index contributed by atoms with van der Waals surface area (Å²) in [7, 11) is 0. The smallest absolute Gasteiger partial charge is 0.356 e. The molecule has 0 saturated heterocycles. The molecule has 0 fully saturated rings. The van der Waals surface area contributed by atoms with Crippen LogP contribution in [0.25, 0.3) is 22.4 Å². The summed E-state index contributed by atoms with van der Waals surface area (Å²) in [4.78, 5) is 31.4. The minimum Gasteiger partial charge on any atom is -0.356 e. The average molecular weight is 425 g/mol. The maximum atomic E-state index is 14.4. The van der Waals surface area contributed by atoms with Crippen molar-refractivity contribution in [1.82, 2.24) is 30.2 Å². The standard InChI is InChI=1S/C18H19F4N7O/c1-3-9(2)13(17(30)26-7-18(20,21)22)28-16-12(19)6-25-15(29-16)11-5-24-14-10(11)4-23-8-27-14/h4-6,8-9,13H,3,7H2,1-2H3,(H,26,30)(H,23,24,27)(H,25,28,29). The van der Waals surface area contributed by atoms with Crippen molar-refractivity contribution in [2.75, 3.05) is 11.9 Å². The van der Waals surface area contributed by atoms with Gasteiger partial charge >= 0.3 is 6.18 Å². The molecule has 30 heavy (non-hydrogen) atoms. The molecule has 0 aromatic carbocycles. The number of H-pyrrole nitrogens is 1. The molecule has 160 valence electrons. The van der Waals surface area contributed by atoms with Crippen LogP contribution in [0.2, 0.25) is 0 Å². The summed E-state index contributed by atoms with van der Waals surface area (Å²) in [6.07, 6.45) is 1.32. The Labute approximate surface area is 168 Å². The Hall–Kier alpha value is -3.31. The van der Waals surface area contributed by atoms with E-state index in [0.29, 0.717) is 23.0 Å². The van der Waals surface area contributed by atoms with Gasteiger partial charge in [0.05, 0.1) is 6.20 Å². The van der Waals surface area contributed by atoms with E-state index < -0.39 is 36.4 Å². The number of carbonyl (C=O) groups excluding carboxylic acids is 1. The number of nitrogens with zero attached hydrogens (tertiary/aromatic N) is 4. The van der Waals surface area contributed by atoms with Gasteiger partial charge in [-0.15, -0.1) is 0 Å². The van der Waals surface area contributed by atoms with Crippen molar-refractivity contribution in [3.63, 3.8) is 0 Å². The fourth-order valence-corrected chi connectivity index (χ4v) is 2.79. The summed E-state index contributed by atoms with van der Waals surface area (Å²) in [5, 5.41) is 5.08. The lowest BCUT2D eigenvalue weighted by Crippen LogP contribution is -2.46. The molecule has 2 unspecified atom stereocenters. The molecule has 3 rings (SSSR count). The topological polar surface area (TPSA) is 108 Å². The predicted molar refractivity (Wildman–Crippen MR) is 101 cm³/mol. The Morgan fingerprint density at radius 2 is 2.03 bits per heavy atom. The van der Waals surface area contributed by atoms with E-state index in [2.05, 4.69) is 30.2 Å². The highest BCUT2D eigenvalue weighted by molar-refractivity contribution is 5.91. The second-order valence-corrected chi connectivity index (χ2v) is 6.72. The van der Waals surface area contributed by atoms with Gasteiger partial charge in [-0.25, -0.2) is 24.3 Å². The lowest BCUT2D eigenvalue weighted by atomic mass is 9.98. The highest BCUT2D eigenvalue weighted by Crippen LogP contribution is 2.26. The minimum absolute atomic E-state index is 0.138. The average Bonchev–Trinajstić information content (AvgIpc) is 3.14. The van der Waals surface area contributed by atoms with Crippen LogP contribution in [0.5, 0.6) is 0 Å². The number of hydrogen-bond donors (Lipinski definition) is 3. The number of amides is 1. The summed E-state index contributed by atoms with van der Waals surface area (Å²) in [5.74, 6) is -2.29. The van der Waals surface area contributed by atoms with Crippen LogP contribution in [0.3, 0.4) is 0 Å². The monoisotopic (exact) mass is 425 g/mol. The van der Waals surface area contributed by atoms with Crippen LogP contribution in [0, 0.1) is 11.7 Å². The van der Waals surface area contributed by atoms with Gasteiger partial charge in [0.2, 0.25) is 5.91 Å². The minimum atomic E-state index is -4.56. The maximum absolute atomic E-state index is 14.4. The van der Waals surface area contributed by atoms with Crippen molar-refractivity contribution in [3.8, 4) is 11.4 Å². The second kappa shape index (κ2) is 8.59. The number of hydrogen-bond acceptors (Lipinski definition) is 6. The highest BCUT2D eigenvalue weighted by Gasteiger charge is 2.31. The highest BCUT2D eigenvalue weighted by atomic mass is 19.4. The van der Waals surface area contributed by atoms with Gasteiger partial charge in [0.25, 0.3) is 0 Å². The molecule has 0 aliphatic heterocycles. The van der Waals surface area contributed by atoms with Gasteiger partial charge in [-0.05, 0) is 5.92 Å². The first-order valence-corrected chi connectivity index (χ1v) is 9.10. The molecule has 3 aromatic rings. The van der Waals surface area contributed by atoms with Gasteiger partial charge in [0.15, 0.2) is 17.5 Å². The van der Waals surface area contributed by atoms with Crippen LogP contribution in [0.15, 0.2) is 24.9 Å². The van der Waals surface area contributed by atoms with Gasteiger partial charge in [-0.3, -0.25) is 4.79 Å². The van der Waals surface area contributed by atoms with Crippen LogP contribution in [-0.4, -0.2) is 49.6 Å². The molecular formula is C18H19F4N7O. The predicted octanol–water partition coefficient (Wildman–Crippen LogP) is 3.06. The van der Waals surface area contributed by atoms with Gasteiger partial charge in [-0.2, -0.15) is 13.2 Å². The number of fused-ring (bicyclic) bond motifs is 1. The number of anilines is 1. The number of rotatable bonds is 7. The van der Waals surface area contributed by atoms with Gasteiger partial charge in [0.1, 0.15) is 24.6 Å². The van der Waals surface area contributed by atoms with Crippen molar-refractivity contribution in [3.05, 3.63) is 30.7 Å². The van der Waals surface area contributed by atoms with Crippen molar-refractivity contribution in [2.24, 2.45) is 5.92 Å². The Morgan fingerprint density at radius 1 is 1.27 bits per heavy atom.